The van der Waals surface area contributed by atoms with E-state index < -0.39 is 0 Å². The maximum absolute atomic E-state index is 13.4. The molecule has 0 spiro atoms. The van der Waals surface area contributed by atoms with Gasteiger partial charge in [0.05, 0.1) is 21.5 Å². The van der Waals surface area contributed by atoms with Crippen LogP contribution in [0, 0.1) is 6.92 Å². The Hall–Kier alpha value is -3.42. The highest BCUT2D eigenvalue weighted by atomic mass is 32.2. The summed E-state index contributed by atoms with van der Waals surface area (Å²) in [5.41, 5.74) is 6.76. The Labute approximate surface area is 217 Å². The minimum absolute atomic E-state index is 0.102. The maximum Gasteiger partial charge on any atom is 0.255 e. The number of rotatable bonds is 5. The molecular formula is C29H25N3O2S2. The highest BCUT2D eigenvalue weighted by molar-refractivity contribution is 8.01. The minimum atomic E-state index is -0.126. The van der Waals surface area contributed by atoms with Gasteiger partial charge in [0, 0.05) is 22.3 Å². The number of hydrogen-bond acceptors (Lipinski definition) is 5. The summed E-state index contributed by atoms with van der Waals surface area (Å²) in [6.07, 6.45) is 4.32. The summed E-state index contributed by atoms with van der Waals surface area (Å²) in [6, 6.07) is 21.5. The van der Waals surface area contributed by atoms with E-state index in [1.165, 1.54) is 34.8 Å². The van der Waals surface area contributed by atoms with E-state index in [-0.39, 0.29) is 11.8 Å². The number of aryl methyl sites for hydroxylation is 2. The minimum Gasteiger partial charge on any atom is -0.322 e. The lowest BCUT2D eigenvalue weighted by molar-refractivity contribution is 0.0942. The van der Waals surface area contributed by atoms with Crippen LogP contribution in [0.5, 0.6) is 0 Å². The number of anilines is 1. The van der Waals surface area contributed by atoms with Gasteiger partial charge in [0.25, 0.3) is 5.91 Å². The summed E-state index contributed by atoms with van der Waals surface area (Å²) in [4.78, 5) is 30.8. The molecule has 1 amide bonds. The Kier molecular flexibility index (Phi) is 6.11. The van der Waals surface area contributed by atoms with Crippen molar-refractivity contribution in [1.82, 2.24) is 9.55 Å². The van der Waals surface area contributed by atoms with E-state index in [2.05, 4.69) is 23.5 Å². The molecule has 0 unspecified atom stereocenters. The third-order valence-corrected chi connectivity index (χ3v) is 8.91. The van der Waals surface area contributed by atoms with Gasteiger partial charge in [-0.05, 0) is 74.1 Å². The number of benzene rings is 3. The van der Waals surface area contributed by atoms with Gasteiger partial charge < -0.3 is 5.32 Å². The van der Waals surface area contributed by atoms with E-state index in [9.17, 15) is 9.59 Å². The third-order valence-electron chi connectivity index (χ3n) is 6.76. The van der Waals surface area contributed by atoms with Gasteiger partial charge in [0.2, 0.25) is 5.91 Å². The van der Waals surface area contributed by atoms with Gasteiger partial charge in [-0.15, -0.1) is 11.3 Å². The molecule has 180 valence electrons. The van der Waals surface area contributed by atoms with Crippen LogP contribution in [0.3, 0.4) is 0 Å². The first-order chi connectivity index (χ1) is 17.6. The van der Waals surface area contributed by atoms with Gasteiger partial charge in [-0.2, -0.15) is 0 Å². The first-order valence-electron chi connectivity index (χ1n) is 12.1. The van der Waals surface area contributed by atoms with E-state index in [1.807, 2.05) is 60.0 Å². The summed E-state index contributed by atoms with van der Waals surface area (Å²) >= 11 is 3.03. The van der Waals surface area contributed by atoms with Crippen molar-refractivity contribution in [2.75, 3.05) is 11.1 Å². The average Bonchev–Trinajstić information content (AvgIpc) is 3.46. The number of para-hydroxylation sites is 1. The highest BCUT2D eigenvalue weighted by Gasteiger charge is 2.23. The molecule has 0 bridgehead atoms. The first-order valence-corrected chi connectivity index (χ1v) is 13.9. The Morgan fingerprint density at radius 2 is 1.83 bits per heavy atom. The first kappa shape index (κ1) is 23.0. The molecule has 0 fully saturated rings. The number of hydrogen-bond donors (Lipinski definition) is 1. The Morgan fingerprint density at radius 3 is 2.72 bits per heavy atom. The van der Waals surface area contributed by atoms with Crippen molar-refractivity contribution in [3.05, 3.63) is 89.1 Å². The van der Waals surface area contributed by atoms with Gasteiger partial charge >= 0.3 is 0 Å². The van der Waals surface area contributed by atoms with Crippen molar-refractivity contribution in [2.45, 2.75) is 36.9 Å². The van der Waals surface area contributed by atoms with Crippen LogP contribution in [0.15, 0.2) is 71.1 Å². The van der Waals surface area contributed by atoms with Crippen molar-refractivity contribution in [3.63, 3.8) is 0 Å². The van der Waals surface area contributed by atoms with Gasteiger partial charge in [-0.1, -0.05) is 48.2 Å². The molecule has 5 nitrogen and oxygen atoms in total. The zero-order valence-electron chi connectivity index (χ0n) is 19.9. The number of carbonyl (C=O) groups excluding carboxylic acids is 2. The van der Waals surface area contributed by atoms with Crippen molar-refractivity contribution in [3.8, 4) is 0 Å². The van der Waals surface area contributed by atoms with Gasteiger partial charge in [-0.25, -0.2) is 4.98 Å². The smallest absolute Gasteiger partial charge is 0.255 e. The highest BCUT2D eigenvalue weighted by Crippen LogP contribution is 2.34. The molecule has 3 aromatic carbocycles. The number of fused-ring (bicyclic) bond motifs is 4. The lowest BCUT2D eigenvalue weighted by atomic mass is 9.96. The molecule has 1 aliphatic rings. The molecule has 1 aliphatic carbocycles. The predicted molar refractivity (Wildman–Crippen MR) is 149 cm³/mol. The second-order valence-corrected chi connectivity index (χ2v) is 11.4. The summed E-state index contributed by atoms with van der Waals surface area (Å²) in [5.74, 6) is 0.311. The predicted octanol–water partition coefficient (Wildman–Crippen LogP) is 7.12. The van der Waals surface area contributed by atoms with E-state index in [0.717, 1.165) is 50.6 Å². The van der Waals surface area contributed by atoms with Crippen LogP contribution in [-0.2, 0) is 12.8 Å². The number of thiazole rings is 1. The van der Waals surface area contributed by atoms with E-state index in [1.54, 1.807) is 11.3 Å². The topological polar surface area (TPSA) is 64.0 Å². The van der Waals surface area contributed by atoms with Crippen LogP contribution in [-0.4, -0.2) is 27.1 Å². The molecule has 0 atom stereocenters. The number of carbonyl (C=O) groups is 2. The Morgan fingerprint density at radius 1 is 1.03 bits per heavy atom. The third kappa shape index (κ3) is 4.22. The molecule has 2 aromatic heterocycles. The summed E-state index contributed by atoms with van der Waals surface area (Å²) in [5, 5.41) is 4.20. The SMILES string of the molecule is Cc1ccccc1C(=O)Nc1ccc2nc(SCC(=O)n3c4c(c5ccccc53)CCCC4)sc2c1. The van der Waals surface area contributed by atoms with E-state index in [0.29, 0.717) is 11.3 Å². The van der Waals surface area contributed by atoms with Crippen LogP contribution < -0.4 is 5.32 Å². The van der Waals surface area contributed by atoms with Crippen molar-refractivity contribution in [2.24, 2.45) is 0 Å². The van der Waals surface area contributed by atoms with Crippen LogP contribution in [0.25, 0.3) is 21.1 Å². The number of thioether (sulfide) groups is 1. The van der Waals surface area contributed by atoms with Crippen LogP contribution in [0.1, 0.15) is 44.8 Å². The zero-order valence-corrected chi connectivity index (χ0v) is 21.5. The zero-order chi connectivity index (χ0) is 24.6. The number of amides is 1. The number of aromatic nitrogens is 2. The Bertz CT molecular complexity index is 1630. The molecule has 36 heavy (non-hydrogen) atoms. The number of nitrogens with one attached hydrogen (secondary N) is 1. The average molecular weight is 512 g/mol. The summed E-state index contributed by atoms with van der Waals surface area (Å²) in [7, 11) is 0. The Balaban J connectivity index is 1.20. The van der Waals surface area contributed by atoms with Crippen molar-refractivity contribution in [1.29, 1.82) is 0 Å². The normalized spacial score (nSPS) is 13.1. The fraction of sp³-hybridized carbons (Fsp3) is 0.207. The van der Waals surface area contributed by atoms with Crippen LogP contribution in [0.2, 0.25) is 0 Å². The van der Waals surface area contributed by atoms with Crippen LogP contribution >= 0.6 is 23.1 Å². The van der Waals surface area contributed by atoms with Crippen LogP contribution in [0.4, 0.5) is 5.69 Å². The number of nitrogens with zero attached hydrogens (tertiary/aromatic N) is 2. The monoisotopic (exact) mass is 511 g/mol. The lowest BCUT2D eigenvalue weighted by Crippen LogP contribution is -2.18. The molecule has 0 saturated heterocycles. The second-order valence-electron chi connectivity index (χ2n) is 9.10. The quantitative estimate of drug-likeness (QED) is 0.255. The maximum atomic E-state index is 13.4. The van der Waals surface area contributed by atoms with E-state index >= 15 is 0 Å². The summed E-state index contributed by atoms with van der Waals surface area (Å²) < 4.78 is 3.78. The van der Waals surface area contributed by atoms with Gasteiger partial charge in [-0.3, -0.25) is 14.2 Å². The van der Waals surface area contributed by atoms with Crippen molar-refractivity contribution >= 4 is 61.7 Å². The lowest BCUT2D eigenvalue weighted by Gasteiger charge is -2.14. The molecule has 7 heteroatoms. The second kappa shape index (κ2) is 9.56. The molecule has 5 aromatic rings. The molecule has 2 heterocycles. The standard InChI is InChI=1S/C29H25N3O2S2/c1-18-8-2-3-9-20(18)28(34)30-19-14-15-23-26(16-19)36-29(31-23)35-17-27(33)32-24-12-6-4-10-21(24)22-11-5-7-13-25(22)32/h2-4,6,8-10,12,14-16H,5,7,11,13,17H2,1H3,(H,30,34). The molecule has 0 aliphatic heterocycles. The molecule has 6 rings (SSSR count). The largest absolute Gasteiger partial charge is 0.322 e. The van der Waals surface area contributed by atoms with Gasteiger partial charge in [0.1, 0.15) is 0 Å². The molecule has 0 saturated carbocycles. The molecule has 1 N–H and O–H groups in total. The van der Waals surface area contributed by atoms with E-state index in [4.69, 9.17) is 4.98 Å². The van der Waals surface area contributed by atoms with Crippen molar-refractivity contribution < 1.29 is 9.59 Å². The fourth-order valence-electron chi connectivity index (χ4n) is 5.04. The molecular weight excluding hydrogens is 486 g/mol. The van der Waals surface area contributed by atoms with Gasteiger partial charge in [0.15, 0.2) is 4.34 Å². The fourth-order valence-corrected chi connectivity index (χ4v) is 6.99. The summed E-state index contributed by atoms with van der Waals surface area (Å²) in [6.45, 7) is 1.93. The molecule has 0 radical (unpaired) electrons.